The lowest BCUT2D eigenvalue weighted by atomic mass is 10.2. The average molecular weight is 300 g/mol. The van der Waals surface area contributed by atoms with E-state index in [4.69, 9.17) is 4.74 Å². The number of para-hydroxylation sites is 1. The van der Waals surface area contributed by atoms with E-state index >= 15 is 0 Å². The van der Waals surface area contributed by atoms with Gasteiger partial charge in [0.25, 0.3) is 0 Å². The maximum absolute atomic E-state index is 9.82. The molecule has 0 saturated heterocycles. The Balaban J connectivity index is 1.84. The van der Waals surface area contributed by atoms with Crippen molar-refractivity contribution in [2.75, 3.05) is 27.2 Å². The van der Waals surface area contributed by atoms with Gasteiger partial charge in [-0.25, -0.2) is 0 Å². The summed E-state index contributed by atoms with van der Waals surface area (Å²) in [5.41, 5.74) is 1.13. The summed E-state index contributed by atoms with van der Waals surface area (Å²) in [6, 6.07) is 17.7. The SMILES string of the molecule is CN(C)CC(O)CNCc1cccc(Oc2ccccc2)c1. The molecule has 0 aromatic heterocycles. The smallest absolute Gasteiger partial charge is 0.127 e. The molecule has 22 heavy (non-hydrogen) atoms. The first kappa shape index (κ1) is 16.5. The topological polar surface area (TPSA) is 44.7 Å². The monoisotopic (exact) mass is 300 g/mol. The number of aliphatic hydroxyl groups excluding tert-OH is 1. The van der Waals surface area contributed by atoms with Crippen molar-refractivity contribution in [3.63, 3.8) is 0 Å². The van der Waals surface area contributed by atoms with E-state index in [1.165, 1.54) is 0 Å². The van der Waals surface area contributed by atoms with Crippen molar-refractivity contribution in [2.45, 2.75) is 12.6 Å². The van der Waals surface area contributed by atoms with Gasteiger partial charge in [-0.1, -0.05) is 30.3 Å². The summed E-state index contributed by atoms with van der Waals surface area (Å²) in [4.78, 5) is 1.97. The fourth-order valence-corrected chi connectivity index (χ4v) is 2.21. The van der Waals surface area contributed by atoms with E-state index in [0.717, 1.165) is 17.1 Å². The minimum Gasteiger partial charge on any atom is -0.457 e. The minimum atomic E-state index is -0.362. The van der Waals surface area contributed by atoms with E-state index in [2.05, 4.69) is 5.32 Å². The third-order valence-electron chi connectivity index (χ3n) is 3.16. The maximum atomic E-state index is 9.82. The van der Waals surface area contributed by atoms with Gasteiger partial charge in [-0.3, -0.25) is 0 Å². The third-order valence-corrected chi connectivity index (χ3v) is 3.16. The molecule has 4 heteroatoms. The summed E-state index contributed by atoms with van der Waals surface area (Å²) in [5.74, 6) is 1.65. The Morgan fingerprint density at radius 1 is 1.05 bits per heavy atom. The number of hydrogen-bond donors (Lipinski definition) is 2. The molecule has 0 spiro atoms. The lowest BCUT2D eigenvalue weighted by molar-refractivity contribution is 0.134. The first-order valence-corrected chi connectivity index (χ1v) is 7.49. The Morgan fingerprint density at radius 2 is 1.77 bits per heavy atom. The molecule has 0 fully saturated rings. The van der Waals surface area contributed by atoms with E-state index < -0.39 is 0 Å². The minimum absolute atomic E-state index is 0.362. The van der Waals surface area contributed by atoms with Gasteiger partial charge < -0.3 is 20.1 Å². The van der Waals surface area contributed by atoms with Crippen molar-refractivity contribution in [1.82, 2.24) is 10.2 Å². The predicted octanol–water partition coefficient (Wildman–Crippen LogP) is 2.49. The average Bonchev–Trinajstić information content (AvgIpc) is 2.48. The van der Waals surface area contributed by atoms with Crippen LogP contribution in [-0.2, 0) is 6.54 Å². The molecule has 4 nitrogen and oxygen atoms in total. The zero-order valence-corrected chi connectivity index (χ0v) is 13.2. The number of benzene rings is 2. The normalized spacial score (nSPS) is 12.4. The molecule has 0 saturated carbocycles. The molecule has 0 radical (unpaired) electrons. The van der Waals surface area contributed by atoms with Crippen molar-refractivity contribution < 1.29 is 9.84 Å². The van der Waals surface area contributed by atoms with Crippen LogP contribution >= 0.6 is 0 Å². The van der Waals surface area contributed by atoms with Crippen LogP contribution in [0.5, 0.6) is 11.5 Å². The van der Waals surface area contributed by atoms with E-state index in [1.807, 2.05) is 73.6 Å². The number of nitrogens with one attached hydrogen (secondary N) is 1. The third kappa shape index (κ3) is 5.85. The highest BCUT2D eigenvalue weighted by molar-refractivity contribution is 5.33. The summed E-state index contributed by atoms with van der Waals surface area (Å²) in [6.45, 7) is 1.93. The van der Waals surface area contributed by atoms with Crippen LogP contribution in [0.2, 0.25) is 0 Å². The fraction of sp³-hybridized carbons (Fsp3) is 0.333. The van der Waals surface area contributed by atoms with Gasteiger partial charge in [0.15, 0.2) is 0 Å². The molecule has 2 aromatic rings. The van der Waals surface area contributed by atoms with Crippen molar-refractivity contribution in [3.05, 3.63) is 60.2 Å². The molecule has 0 aliphatic heterocycles. The van der Waals surface area contributed by atoms with Crippen LogP contribution in [0.4, 0.5) is 0 Å². The summed E-state index contributed by atoms with van der Waals surface area (Å²) < 4.78 is 5.82. The van der Waals surface area contributed by atoms with Crippen molar-refractivity contribution in [3.8, 4) is 11.5 Å². The van der Waals surface area contributed by atoms with Crippen LogP contribution in [0, 0.1) is 0 Å². The Kier molecular flexibility index (Phi) is 6.40. The highest BCUT2D eigenvalue weighted by Gasteiger charge is 2.05. The number of hydrogen-bond acceptors (Lipinski definition) is 4. The van der Waals surface area contributed by atoms with E-state index in [-0.39, 0.29) is 6.10 Å². The zero-order valence-electron chi connectivity index (χ0n) is 13.2. The lowest BCUT2D eigenvalue weighted by Gasteiger charge is -2.16. The van der Waals surface area contributed by atoms with Gasteiger partial charge in [0.2, 0.25) is 0 Å². The van der Waals surface area contributed by atoms with Crippen LogP contribution in [0.15, 0.2) is 54.6 Å². The van der Waals surface area contributed by atoms with Gasteiger partial charge in [-0.15, -0.1) is 0 Å². The Morgan fingerprint density at radius 3 is 2.50 bits per heavy atom. The number of rotatable bonds is 8. The number of ether oxygens (including phenoxy) is 1. The molecule has 2 rings (SSSR count). The molecule has 0 heterocycles. The molecular formula is C18H24N2O2. The lowest BCUT2D eigenvalue weighted by Crippen LogP contribution is -2.34. The van der Waals surface area contributed by atoms with Gasteiger partial charge >= 0.3 is 0 Å². The molecule has 118 valence electrons. The van der Waals surface area contributed by atoms with Gasteiger partial charge in [-0.05, 0) is 43.9 Å². The Labute approximate surface area is 132 Å². The largest absolute Gasteiger partial charge is 0.457 e. The molecule has 0 amide bonds. The highest BCUT2D eigenvalue weighted by atomic mass is 16.5. The van der Waals surface area contributed by atoms with Crippen LogP contribution in [-0.4, -0.2) is 43.3 Å². The summed E-state index contributed by atoms with van der Waals surface area (Å²) in [7, 11) is 3.90. The van der Waals surface area contributed by atoms with Gasteiger partial charge in [-0.2, -0.15) is 0 Å². The van der Waals surface area contributed by atoms with Crippen molar-refractivity contribution >= 4 is 0 Å². The highest BCUT2D eigenvalue weighted by Crippen LogP contribution is 2.21. The number of likely N-dealkylation sites (N-methyl/N-ethyl adjacent to an activating group) is 1. The molecule has 1 atom stereocenters. The van der Waals surface area contributed by atoms with E-state index in [1.54, 1.807) is 0 Å². The van der Waals surface area contributed by atoms with E-state index in [9.17, 15) is 5.11 Å². The van der Waals surface area contributed by atoms with Crippen LogP contribution in [0.25, 0.3) is 0 Å². The van der Waals surface area contributed by atoms with Crippen LogP contribution in [0.3, 0.4) is 0 Å². The molecule has 0 bridgehead atoms. The fourth-order valence-electron chi connectivity index (χ4n) is 2.21. The Hall–Kier alpha value is -1.88. The second-order valence-corrected chi connectivity index (χ2v) is 5.61. The van der Waals surface area contributed by atoms with Crippen LogP contribution < -0.4 is 10.1 Å². The van der Waals surface area contributed by atoms with Gasteiger partial charge in [0, 0.05) is 19.6 Å². The van der Waals surface area contributed by atoms with Crippen LogP contribution in [0.1, 0.15) is 5.56 Å². The standard InChI is InChI=1S/C18H24N2O2/c1-20(2)14-16(21)13-19-12-15-7-6-10-18(11-15)22-17-8-4-3-5-9-17/h3-11,16,19,21H,12-14H2,1-2H3. The molecule has 2 aromatic carbocycles. The van der Waals surface area contributed by atoms with Crippen molar-refractivity contribution in [2.24, 2.45) is 0 Å². The maximum Gasteiger partial charge on any atom is 0.127 e. The van der Waals surface area contributed by atoms with Crippen molar-refractivity contribution in [1.29, 1.82) is 0 Å². The first-order chi connectivity index (χ1) is 10.6. The van der Waals surface area contributed by atoms with E-state index in [0.29, 0.717) is 19.6 Å². The predicted molar refractivity (Wildman–Crippen MR) is 89.2 cm³/mol. The number of aliphatic hydroxyl groups is 1. The summed E-state index contributed by atoms with van der Waals surface area (Å²) in [5, 5.41) is 13.1. The number of nitrogens with zero attached hydrogens (tertiary/aromatic N) is 1. The summed E-state index contributed by atoms with van der Waals surface area (Å²) in [6.07, 6.45) is -0.362. The van der Waals surface area contributed by atoms with Gasteiger partial charge in [0.1, 0.15) is 11.5 Å². The first-order valence-electron chi connectivity index (χ1n) is 7.49. The second kappa shape index (κ2) is 8.54. The molecule has 2 N–H and O–H groups in total. The second-order valence-electron chi connectivity index (χ2n) is 5.61. The Bertz CT molecular complexity index is 558. The van der Waals surface area contributed by atoms with Gasteiger partial charge in [0.05, 0.1) is 6.10 Å². The molecule has 0 aliphatic rings. The molecule has 0 aliphatic carbocycles. The zero-order chi connectivity index (χ0) is 15.8. The molecular weight excluding hydrogens is 276 g/mol. The summed E-state index contributed by atoms with van der Waals surface area (Å²) >= 11 is 0. The quantitative estimate of drug-likeness (QED) is 0.786. The molecule has 1 unspecified atom stereocenters.